The number of benzene rings is 2. The van der Waals surface area contributed by atoms with E-state index < -0.39 is 6.09 Å². The van der Waals surface area contributed by atoms with E-state index in [4.69, 9.17) is 14.2 Å². The van der Waals surface area contributed by atoms with E-state index >= 15 is 0 Å². The van der Waals surface area contributed by atoms with Crippen molar-refractivity contribution in [3.63, 3.8) is 0 Å². The second-order valence-corrected chi connectivity index (χ2v) is 9.74. The minimum absolute atomic E-state index is 0.209. The SMILES string of the molecule is O=C1NCCCOc2ccc3[nH]nc(c3c2)-c2cc(cc(N3CCC(N4CCOCC4)CC3)c2)CO1. The standard InChI is InChI=1S/C27H33N5O4/c33-27-28-6-1-11-35-23-2-3-25-24(17-23)26(30-29-25)20-14-19(18-36-27)15-22(16-20)31-7-4-21(5-8-31)32-9-12-34-13-10-32/h2-3,14-17,21H,1,4-13,18H2,(H,28,33)(H,29,30). The number of fused-ring (bicyclic) bond motifs is 4. The quantitative estimate of drug-likeness (QED) is 0.567. The Hall–Kier alpha value is -3.30. The number of aromatic amines is 1. The Kier molecular flexibility index (Phi) is 6.65. The molecule has 2 fully saturated rings. The van der Waals surface area contributed by atoms with Crippen LogP contribution < -0.4 is 15.0 Å². The lowest BCUT2D eigenvalue weighted by atomic mass is 9.99. The maximum absolute atomic E-state index is 12.2. The third kappa shape index (κ3) is 4.99. The molecule has 3 aromatic rings. The number of morpholine rings is 1. The summed E-state index contributed by atoms with van der Waals surface area (Å²) in [4.78, 5) is 17.3. The van der Waals surface area contributed by atoms with Crippen molar-refractivity contribution in [2.45, 2.75) is 31.9 Å². The van der Waals surface area contributed by atoms with Gasteiger partial charge in [-0.3, -0.25) is 10.00 Å². The lowest BCUT2D eigenvalue weighted by Gasteiger charge is -2.41. The van der Waals surface area contributed by atoms with Crippen molar-refractivity contribution in [3.8, 4) is 17.0 Å². The van der Waals surface area contributed by atoms with Gasteiger partial charge in [-0.2, -0.15) is 5.10 Å². The summed E-state index contributed by atoms with van der Waals surface area (Å²) in [5.41, 5.74) is 4.93. The van der Waals surface area contributed by atoms with Crippen molar-refractivity contribution in [3.05, 3.63) is 42.0 Å². The first-order chi connectivity index (χ1) is 17.7. The van der Waals surface area contributed by atoms with Gasteiger partial charge >= 0.3 is 6.09 Å². The molecule has 190 valence electrons. The van der Waals surface area contributed by atoms with Gasteiger partial charge in [0.05, 0.1) is 25.3 Å². The number of H-pyrrole nitrogens is 1. The molecule has 3 aliphatic rings. The van der Waals surface area contributed by atoms with Crippen LogP contribution in [0.1, 0.15) is 24.8 Å². The topological polar surface area (TPSA) is 91.9 Å². The first kappa shape index (κ1) is 23.1. The smallest absolute Gasteiger partial charge is 0.407 e. The van der Waals surface area contributed by atoms with Crippen LogP contribution in [0, 0.1) is 0 Å². The van der Waals surface area contributed by atoms with E-state index in [0.717, 1.165) is 91.4 Å². The number of nitrogens with one attached hydrogen (secondary N) is 2. The van der Waals surface area contributed by atoms with Crippen LogP contribution in [0.5, 0.6) is 5.75 Å². The maximum atomic E-state index is 12.2. The Morgan fingerprint density at radius 2 is 1.81 bits per heavy atom. The number of carbonyl (C=O) groups is 1. The Labute approximate surface area is 210 Å². The molecule has 1 aromatic heterocycles. The number of ether oxygens (including phenoxy) is 3. The predicted molar refractivity (Wildman–Crippen MR) is 137 cm³/mol. The third-order valence-corrected chi connectivity index (χ3v) is 7.41. The normalized spacial score (nSPS) is 20.3. The molecule has 2 saturated heterocycles. The minimum Gasteiger partial charge on any atom is -0.494 e. The Morgan fingerprint density at radius 3 is 2.67 bits per heavy atom. The highest BCUT2D eigenvalue weighted by molar-refractivity contribution is 5.94. The lowest BCUT2D eigenvalue weighted by molar-refractivity contribution is 0.0115. The summed E-state index contributed by atoms with van der Waals surface area (Å²) in [5.74, 6) is 0.796. The van der Waals surface area contributed by atoms with Gasteiger partial charge in [0, 0.05) is 55.4 Å². The number of alkyl carbamates (subject to hydrolysis) is 1. The Balaban J connectivity index is 1.31. The molecule has 4 bridgehead atoms. The van der Waals surface area contributed by atoms with Gasteiger partial charge in [-0.15, -0.1) is 0 Å². The summed E-state index contributed by atoms with van der Waals surface area (Å²) in [5, 5.41) is 11.7. The van der Waals surface area contributed by atoms with Crippen molar-refractivity contribution >= 4 is 22.7 Å². The van der Waals surface area contributed by atoms with E-state index in [1.54, 1.807) is 0 Å². The number of piperidine rings is 1. The van der Waals surface area contributed by atoms with Crippen molar-refractivity contribution in [2.24, 2.45) is 0 Å². The highest BCUT2D eigenvalue weighted by Crippen LogP contribution is 2.34. The monoisotopic (exact) mass is 491 g/mol. The zero-order valence-corrected chi connectivity index (χ0v) is 20.5. The molecule has 0 unspecified atom stereocenters. The minimum atomic E-state index is -0.411. The van der Waals surface area contributed by atoms with Crippen molar-refractivity contribution < 1.29 is 19.0 Å². The Morgan fingerprint density at radius 1 is 0.944 bits per heavy atom. The van der Waals surface area contributed by atoms with Gasteiger partial charge in [0.2, 0.25) is 0 Å². The zero-order valence-electron chi connectivity index (χ0n) is 20.5. The fourth-order valence-electron chi connectivity index (χ4n) is 5.46. The predicted octanol–water partition coefficient (Wildman–Crippen LogP) is 3.54. The van der Waals surface area contributed by atoms with E-state index in [1.165, 1.54) is 0 Å². The van der Waals surface area contributed by atoms with Gasteiger partial charge in [0.25, 0.3) is 0 Å². The first-order valence-corrected chi connectivity index (χ1v) is 13.0. The molecule has 2 N–H and O–H groups in total. The number of cyclic esters (lactones) is 1. The van der Waals surface area contributed by atoms with Crippen LogP contribution in [0.3, 0.4) is 0 Å². The Bertz CT molecular complexity index is 1210. The summed E-state index contributed by atoms with van der Waals surface area (Å²) in [6, 6.07) is 13.0. The van der Waals surface area contributed by atoms with Crippen LogP contribution in [0.25, 0.3) is 22.2 Å². The lowest BCUT2D eigenvalue weighted by Crippen LogP contribution is -2.49. The average Bonchev–Trinajstić information content (AvgIpc) is 3.35. The summed E-state index contributed by atoms with van der Waals surface area (Å²) in [6.07, 6.45) is 2.55. The van der Waals surface area contributed by atoms with Gasteiger partial charge in [-0.25, -0.2) is 4.79 Å². The van der Waals surface area contributed by atoms with Crippen molar-refractivity contribution in [1.29, 1.82) is 0 Å². The summed E-state index contributed by atoms with van der Waals surface area (Å²) in [6.45, 7) is 6.94. The second kappa shape index (κ2) is 10.4. The number of nitrogens with zero attached hydrogens (tertiary/aromatic N) is 3. The molecule has 0 spiro atoms. The van der Waals surface area contributed by atoms with E-state index in [1.807, 2.05) is 18.2 Å². The molecule has 0 aliphatic carbocycles. The highest BCUT2D eigenvalue weighted by atomic mass is 16.5. The molecule has 36 heavy (non-hydrogen) atoms. The number of anilines is 1. The molecule has 2 aromatic carbocycles. The van der Waals surface area contributed by atoms with Crippen LogP contribution in [-0.2, 0) is 16.1 Å². The van der Waals surface area contributed by atoms with Crippen LogP contribution in [-0.4, -0.2) is 79.8 Å². The van der Waals surface area contributed by atoms with Gasteiger partial charge in [-0.05, 0) is 61.2 Å². The van der Waals surface area contributed by atoms with Gasteiger partial charge in [0.15, 0.2) is 0 Å². The molecular weight excluding hydrogens is 458 g/mol. The molecule has 6 rings (SSSR count). The fourth-order valence-corrected chi connectivity index (χ4v) is 5.46. The van der Waals surface area contributed by atoms with Crippen LogP contribution >= 0.6 is 0 Å². The highest BCUT2D eigenvalue weighted by Gasteiger charge is 2.26. The number of hydrogen-bond acceptors (Lipinski definition) is 7. The van der Waals surface area contributed by atoms with E-state index in [9.17, 15) is 4.79 Å². The maximum Gasteiger partial charge on any atom is 0.407 e. The van der Waals surface area contributed by atoms with E-state index in [0.29, 0.717) is 25.6 Å². The summed E-state index contributed by atoms with van der Waals surface area (Å²) >= 11 is 0. The van der Waals surface area contributed by atoms with Crippen molar-refractivity contribution in [1.82, 2.24) is 20.4 Å². The van der Waals surface area contributed by atoms with E-state index in [2.05, 4.69) is 43.5 Å². The molecular formula is C27H33N5O4. The average molecular weight is 492 g/mol. The van der Waals surface area contributed by atoms with E-state index in [-0.39, 0.29) is 6.61 Å². The zero-order chi connectivity index (χ0) is 24.3. The number of amides is 1. The molecule has 0 atom stereocenters. The van der Waals surface area contributed by atoms with Gasteiger partial charge < -0.3 is 24.4 Å². The molecule has 4 heterocycles. The van der Waals surface area contributed by atoms with Crippen molar-refractivity contribution in [2.75, 3.05) is 57.4 Å². The number of hydrogen-bond donors (Lipinski definition) is 2. The fraction of sp³-hybridized carbons (Fsp3) is 0.481. The molecule has 3 aliphatic heterocycles. The summed E-state index contributed by atoms with van der Waals surface area (Å²) in [7, 11) is 0. The summed E-state index contributed by atoms with van der Waals surface area (Å²) < 4.78 is 17.0. The first-order valence-electron chi connectivity index (χ1n) is 13.0. The molecule has 1 amide bonds. The third-order valence-electron chi connectivity index (χ3n) is 7.41. The molecule has 0 saturated carbocycles. The second-order valence-electron chi connectivity index (χ2n) is 9.74. The van der Waals surface area contributed by atoms with Gasteiger partial charge in [-0.1, -0.05) is 0 Å². The molecule has 9 heteroatoms. The largest absolute Gasteiger partial charge is 0.494 e. The molecule has 0 radical (unpaired) electrons. The van der Waals surface area contributed by atoms with Crippen LogP contribution in [0.4, 0.5) is 10.5 Å². The molecule has 9 nitrogen and oxygen atoms in total. The number of rotatable bonds is 2. The van der Waals surface area contributed by atoms with Gasteiger partial charge in [0.1, 0.15) is 18.1 Å². The van der Waals surface area contributed by atoms with Crippen LogP contribution in [0.15, 0.2) is 36.4 Å². The van der Waals surface area contributed by atoms with Crippen LogP contribution in [0.2, 0.25) is 0 Å². The number of carbonyl (C=O) groups excluding carboxylic acids is 1. The number of aromatic nitrogens is 2.